The van der Waals surface area contributed by atoms with Crippen molar-refractivity contribution in [3.63, 3.8) is 0 Å². The molecule has 380 valence electrons. The summed E-state index contributed by atoms with van der Waals surface area (Å²) in [6.07, 6.45) is 11.9. The number of amides is 4. The van der Waals surface area contributed by atoms with Crippen molar-refractivity contribution < 1.29 is 24.3 Å². The molecule has 3 heterocycles. The van der Waals surface area contributed by atoms with Crippen molar-refractivity contribution in [2.24, 2.45) is 5.92 Å². The predicted octanol–water partition coefficient (Wildman–Crippen LogP) is 7.74. The van der Waals surface area contributed by atoms with E-state index in [-0.39, 0.29) is 60.7 Å². The molecule has 4 amide bonds. The first-order chi connectivity index (χ1) is 35.6. The van der Waals surface area contributed by atoms with Gasteiger partial charge in [0.1, 0.15) is 23.2 Å². The van der Waals surface area contributed by atoms with E-state index in [0.29, 0.717) is 36.1 Å². The van der Waals surface area contributed by atoms with Crippen LogP contribution < -0.4 is 26.8 Å². The van der Waals surface area contributed by atoms with Gasteiger partial charge in [0.25, 0.3) is 5.91 Å². The average Bonchev–Trinajstić information content (AvgIpc) is 4.00. The summed E-state index contributed by atoms with van der Waals surface area (Å²) in [6, 6.07) is 33.3. The second-order valence-electron chi connectivity index (χ2n) is 20.9. The average molecular weight is 984 g/mol. The van der Waals surface area contributed by atoms with Gasteiger partial charge < -0.3 is 40.4 Å². The molecule has 0 spiro atoms. The van der Waals surface area contributed by atoms with Gasteiger partial charge in [-0.1, -0.05) is 116 Å². The molecule has 1 aliphatic heterocycles. The van der Waals surface area contributed by atoms with E-state index in [1.165, 1.54) is 5.56 Å². The van der Waals surface area contributed by atoms with E-state index in [2.05, 4.69) is 62.2 Å². The van der Waals surface area contributed by atoms with Gasteiger partial charge in [-0.2, -0.15) is 0 Å². The van der Waals surface area contributed by atoms with Gasteiger partial charge in [0.15, 0.2) is 0 Å². The Morgan fingerprint density at radius 3 is 2.18 bits per heavy atom. The molecule has 0 radical (unpaired) electrons. The van der Waals surface area contributed by atoms with Crippen LogP contribution in [0.1, 0.15) is 123 Å². The number of aliphatic hydroxyl groups excluding tert-OH is 1. The molecule has 73 heavy (non-hydrogen) atoms. The van der Waals surface area contributed by atoms with Crippen LogP contribution in [0.15, 0.2) is 116 Å². The SMILES string of the molecule is CN[C@@H](C)C(=O)N[C@H](C(=O)N1CC(NC(=O)c2ccc(Cn3c(-c4ccccc4)c(-c4ccccc4)c4c(=N)n(C5CCC(O)CC5)cnc43)cc2)C[C@H]1C(=O)N[C@@H]1CCCc2ccccc21)C1CCCCC1. The summed E-state index contributed by atoms with van der Waals surface area (Å²) in [6.45, 7) is 2.31. The summed E-state index contributed by atoms with van der Waals surface area (Å²) in [5, 5.41) is 33.4. The van der Waals surface area contributed by atoms with Crippen LogP contribution in [0.3, 0.4) is 0 Å². The van der Waals surface area contributed by atoms with Crippen LogP contribution in [0.4, 0.5) is 0 Å². The second-order valence-corrected chi connectivity index (χ2v) is 20.9. The van der Waals surface area contributed by atoms with Gasteiger partial charge in [-0.25, -0.2) is 4.98 Å². The van der Waals surface area contributed by atoms with E-state index in [1.807, 2.05) is 77.4 Å². The maximum absolute atomic E-state index is 15.0. The maximum Gasteiger partial charge on any atom is 0.251 e. The number of aliphatic hydroxyl groups is 1. The van der Waals surface area contributed by atoms with Crippen LogP contribution in [0, 0.1) is 11.3 Å². The zero-order chi connectivity index (χ0) is 50.6. The third kappa shape index (κ3) is 10.5. The molecule has 1 saturated heterocycles. The van der Waals surface area contributed by atoms with Crippen molar-refractivity contribution in [3.8, 4) is 22.4 Å². The molecule has 3 aliphatic carbocycles. The smallest absolute Gasteiger partial charge is 0.251 e. The first-order valence-corrected chi connectivity index (χ1v) is 26.6. The lowest BCUT2D eigenvalue weighted by Crippen LogP contribution is -2.58. The number of nitrogens with zero attached hydrogens (tertiary/aromatic N) is 4. The summed E-state index contributed by atoms with van der Waals surface area (Å²) in [7, 11) is 1.71. The number of hydrogen-bond donors (Lipinski definition) is 6. The van der Waals surface area contributed by atoms with E-state index in [1.54, 1.807) is 25.2 Å². The standard InChI is InChI=1S/C59H69N9O5/c1-37(61-2)56(70)65-52(41-18-8-4-9-19-41)59(73)66-35-44(33-49(66)58(72)64-48-24-14-22-39-15-12-13-23-47(39)48)63-57(71)43-27-25-38(26-28-43)34-67-53(42-20-10-5-11-21-42)50(40-16-6-3-7-17-40)51-54(60)68(36-62-55(51)67)45-29-31-46(69)32-30-45/h3,5-7,10-13,15-17,20-21,23,25-28,36-37,41,44-46,48-49,52,60-61,69H,4,8-9,14,18-19,22,24,29-35H2,1-2H3,(H,63,71)(H,64,72)(H,65,70)/t37-,44?,45?,46?,48+,49-,52-/m0/s1. The number of carbonyl (C=O) groups is 4. The van der Waals surface area contributed by atoms with Crippen molar-refractivity contribution in [2.45, 2.75) is 139 Å². The van der Waals surface area contributed by atoms with Gasteiger partial charge in [0.05, 0.1) is 35.6 Å². The van der Waals surface area contributed by atoms with E-state index >= 15 is 0 Å². The van der Waals surface area contributed by atoms with Gasteiger partial charge in [0, 0.05) is 36.3 Å². The monoisotopic (exact) mass is 984 g/mol. The molecular weight excluding hydrogens is 915 g/mol. The number of nitrogens with one attached hydrogen (secondary N) is 5. The molecule has 14 nitrogen and oxygen atoms in total. The van der Waals surface area contributed by atoms with Crippen LogP contribution in [-0.4, -0.2) is 91.6 Å². The van der Waals surface area contributed by atoms with Crippen LogP contribution in [0.5, 0.6) is 0 Å². The fraction of sp³-hybridized carbons (Fsp3) is 0.424. The Bertz CT molecular complexity index is 2990. The quantitative estimate of drug-likeness (QED) is 0.0645. The molecule has 4 aromatic carbocycles. The Balaban J connectivity index is 0.929. The highest BCUT2D eigenvalue weighted by Crippen LogP contribution is 2.40. The molecule has 3 fully saturated rings. The van der Waals surface area contributed by atoms with Gasteiger partial charge in [-0.3, -0.25) is 24.6 Å². The fourth-order valence-electron chi connectivity index (χ4n) is 12.1. The molecule has 0 bridgehead atoms. The lowest BCUT2D eigenvalue weighted by atomic mass is 9.83. The third-order valence-corrected chi connectivity index (χ3v) is 16.2. The minimum atomic E-state index is -0.849. The van der Waals surface area contributed by atoms with E-state index in [4.69, 9.17) is 4.98 Å². The molecule has 10 rings (SSSR count). The van der Waals surface area contributed by atoms with Gasteiger partial charge in [0.2, 0.25) is 17.7 Å². The number of likely N-dealkylation sites (N-methyl/N-ethyl adjacent to an activating group) is 1. The minimum Gasteiger partial charge on any atom is -0.393 e. The van der Waals surface area contributed by atoms with E-state index in [9.17, 15) is 29.7 Å². The molecule has 4 aliphatic rings. The van der Waals surface area contributed by atoms with Crippen molar-refractivity contribution in [2.75, 3.05) is 13.6 Å². The minimum absolute atomic E-state index is 0.0626. The highest BCUT2D eigenvalue weighted by atomic mass is 16.3. The molecule has 2 aromatic heterocycles. The number of likely N-dealkylation sites (tertiary alicyclic amines) is 1. The van der Waals surface area contributed by atoms with Gasteiger partial charge in [-0.05, 0) is 124 Å². The van der Waals surface area contributed by atoms with Crippen LogP contribution in [0.2, 0.25) is 0 Å². The van der Waals surface area contributed by atoms with Crippen molar-refractivity contribution >= 4 is 34.7 Å². The first-order valence-electron chi connectivity index (χ1n) is 26.6. The van der Waals surface area contributed by atoms with Crippen LogP contribution in [-0.2, 0) is 27.3 Å². The topological polar surface area (TPSA) is 186 Å². The molecule has 2 saturated carbocycles. The normalized spacial score (nSPS) is 22.0. The number of aromatic nitrogens is 3. The molecular formula is C59H69N9O5. The van der Waals surface area contributed by atoms with E-state index in [0.717, 1.165) is 103 Å². The summed E-state index contributed by atoms with van der Waals surface area (Å²) < 4.78 is 4.16. The summed E-state index contributed by atoms with van der Waals surface area (Å²) >= 11 is 0. The summed E-state index contributed by atoms with van der Waals surface area (Å²) in [5.74, 6) is -1.18. The van der Waals surface area contributed by atoms with Gasteiger partial charge in [-0.15, -0.1) is 0 Å². The number of benzene rings is 4. The molecule has 6 N–H and O–H groups in total. The lowest BCUT2D eigenvalue weighted by molar-refractivity contribution is -0.143. The Labute approximate surface area is 427 Å². The highest BCUT2D eigenvalue weighted by Gasteiger charge is 2.45. The molecule has 1 unspecified atom stereocenters. The molecule has 6 aromatic rings. The van der Waals surface area contributed by atoms with Crippen LogP contribution >= 0.6 is 0 Å². The number of fused-ring (bicyclic) bond motifs is 2. The zero-order valence-electron chi connectivity index (χ0n) is 42.1. The molecule has 5 atom stereocenters. The number of hydrogen-bond acceptors (Lipinski definition) is 8. The van der Waals surface area contributed by atoms with E-state index < -0.39 is 24.2 Å². The molecule has 14 heteroatoms. The highest BCUT2D eigenvalue weighted by molar-refractivity contribution is 6.03. The number of aryl methyl sites for hydroxylation is 1. The van der Waals surface area contributed by atoms with Crippen molar-refractivity contribution in [1.82, 2.24) is 40.3 Å². The third-order valence-electron chi connectivity index (χ3n) is 16.2. The summed E-state index contributed by atoms with van der Waals surface area (Å²) in [4.78, 5) is 63.9. The maximum atomic E-state index is 15.0. The Morgan fingerprint density at radius 2 is 1.47 bits per heavy atom. The number of rotatable bonds is 14. The lowest BCUT2D eigenvalue weighted by Gasteiger charge is -2.35. The largest absolute Gasteiger partial charge is 0.393 e. The second kappa shape index (κ2) is 22.1. The zero-order valence-corrected chi connectivity index (χ0v) is 42.1. The first kappa shape index (κ1) is 49.7. The summed E-state index contributed by atoms with van der Waals surface area (Å²) in [5.41, 5.74) is 8.59. The van der Waals surface area contributed by atoms with Gasteiger partial charge >= 0.3 is 0 Å². The fourth-order valence-corrected chi connectivity index (χ4v) is 12.1. The van der Waals surface area contributed by atoms with Crippen LogP contribution in [0.25, 0.3) is 33.4 Å². The number of carbonyl (C=O) groups excluding carboxylic acids is 4. The Hall–Kier alpha value is -6.90. The Kier molecular flexibility index (Phi) is 15.0. The van der Waals surface area contributed by atoms with Crippen molar-refractivity contribution in [1.29, 1.82) is 5.41 Å². The predicted molar refractivity (Wildman–Crippen MR) is 282 cm³/mol. The van der Waals surface area contributed by atoms with Crippen molar-refractivity contribution in [3.05, 3.63) is 143 Å². The Morgan fingerprint density at radius 1 is 0.781 bits per heavy atom.